The largest absolute Gasteiger partial charge is 0.496 e. The summed E-state index contributed by atoms with van der Waals surface area (Å²) in [6.45, 7) is 8.29. The van der Waals surface area contributed by atoms with Crippen molar-refractivity contribution in [1.82, 2.24) is 9.78 Å². The van der Waals surface area contributed by atoms with Gasteiger partial charge in [-0.3, -0.25) is 9.48 Å². The van der Waals surface area contributed by atoms with Gasteiger partial charge in [-0.1, -0.05) is 19.1 Å². The maximum absolute atomic E-state index is 12.9. The summed E-state index contributed by atoms with van der Waals surface area (Å²) in [7, 11) is 1.66. The van der Waals surface area contributed by atoms with Gasteiger partial charge in [0.1, 0.15) is 5.75 Å². The Hall–Kier alpha value is -2.30. The third kappa shape index (κ3) is 3.15. The Balaban J connectivity index is 1.81. The number of carbonyl (C=O) groups is 1. The smallest absolute Gasteiger partial charge is 0.236 e. The van der Waals surface area contributed by atoms with Crippen molar-refractivity contribution in [3.63, 3.8) is 0 Å². The normalized spacial score (nSPS) is 16.4. The van der Waals surface area contributed by atoms with Gasteiger partial charge in [-0.15, -0.1) is 0 Å². The highest BCUT2D eigenvalue weighted by Crippen LogP contribution is 2.50. The lowest BCUT2D eigenvalue weighted by Gasteiger charge is -2.17. The molecule has 5 nitrogen and oxygen atoms in total. The zero-order valence-corrected chi connectivity index (χ0v) is 15.7. The Bertz CT molecular complexity index is 790. The molecule has 1 saturated carbocycles. The van der Waals surface area contributed by atoms with Crippen LogP contribution >= 0.6 is 0 Å². The van der Waals surface area contributed by atoms with Crippen LogP contribution < -0.4 is 10.1 Å². The van der Waals surface area contributed by atoms with E-state index in [9.17, 15) is 4.79 Å². The van der Waals surface area contributed by atoms with Crippen LogP contribution in [-0.4, -0.2) is 22.8 Å². The van der Waals surface area contributed by atoms with Crippen LogP contribution in [0.15, 0.2) is 24.3 Å². The number of hydrogen-bond acceptors (Lipinski definition) is 3. The summed E-state index contributed by atoms with van der Waals surface area (Å²) in [6.07, 6.45) is 2.72. The van der Waals surface area contributed by atoms with Crippen molar-refractivity contribution in [3.8, 4) is 5.75 Å². The number of amides is 1. The minimum absolute atomic E-state index is 0.0206. The number of carbonyl (C=O) groups excluding carboxylic acids is 1. The zero-order chi connectivity index (χ0) is 18.2. The summed E-state index contributed by atoms with van der Waals surface area (Å²) < 4.78 is 7.39. The molecule has 1 fully saturated rings. The minimum atomic E-state index is -0.449. The van der Waals surface area contributed by atoms with Crippen molar-refractivity contribution >= 4 is 11.7 Å². The van der Waals surface area contributed by atoms with Crippen LogP contribution in [0.4, 0.5) is 5.82 Å². The predicted octanol–water partition coefficient (Wildman–Crippen LogP) is 4.15. The Morgan fingerprint density at radius 3 is 2.68 bits per heavy atom. The van der Waals surface area contributed by atoms with E-state index < -0.39 is 5.41 Å². The molecule has 1 aromatic carbocycles. The molecule has 1 amide bonds. The van der Waals surface area contributed by atoms with Crippen molar-refractivity contribution in [3.05, 3.63) is 41.1 Å². The van der Waals surface area contributed by atoms with Gasteiger partial charge in [0, 0.05) is 17.8 Å². The molecule has 3 rings (SSSR count). The Labute approximate surface area is 149 Å². The number of rotatable bonds is 6. The van der Waals surface area contributed by atoms with Crippen molar-refractivity contribution in [1.29, 1.82) is 0 Å². The first-order chi connectivity index (χ1) is 11.9. The quantitative estimate of drug-likeness (QED) is 0.859. The number of nitrogens with one attached hydrogen (secondary N) is 1. The molecule has 1 atom stereocenters. The fourth-order valence-corrected chi connectivity index (χ4v) is 3.29. The molecule has 1 aliphatic carbocycles. The molecule has 0 saturated heterocycles. The number of aromatic nitrogens is 2. The predicted molar refractivity (Wildman–Crippen MR) is 99.2 cm³/mol. The van der Waals surface area contributed by atoms with Gasteiger partial charge in [0.2, 0.25) is 5.91 Å². The lowest BCUT2D eigenvalue weighted by atomic mass is 9.93. The Kier molecular flexibility index (Phi) is 4.58. The first-order valence-corrected chi connectivity index (χ1v) is 8.94. The molecular formula is C20H27N3O2. The van der Waals surface area contributed by atoms with Gasteiger partial charge in [-0.2, -0.15) is 5.10 Å². The summed E-state index contributed by atoms with van der Waals surface area (Å²) in [5.74, 6) is 1.48. The third-order valence-corrected chi connectivity index (χ3v) is 5.32. The monoisotopic (exact) mass is 341 g/mol. The van der Waals surface area contributed by atoms with Gasteiger partial charge in [0.25, 0.3) is 0 Å². The fraction of sp³-hybridized carbons (Fsp3) is 0.500. The number of anilines is 1. The third-order valence-electron chi connectivity index (χ3n) is 5.32. The van der Waals surface area contributed by atoms with Gasteiger partial charge in [-0.25, -0.2) is 0 Å². The first-order valence-electron chi connectivity index (χ1n) is 8.94. The van der Waals surface area contributed by atoms with E-state index in [2.05, 4.69) is 24.3 Å². The van der Waals surface area contributed by atoms with Crippen molar-refractivity contribution in [2.75, 3.05) is 12.4 Å². The maximum atomic E-state index is 12.9. The van der Waals surface area contributed by atoms with Crippen LogP contribution in [0.2, 0.25) is 0 Å². The number of methoxy groups -OCH3 is 1. The number of hydrogen-bond donors (Lipinski definition) is 1. The highest BCUT2D eigenvalue weighted by Gasteiger charge is 2.51. The topological polar surface area (TPSA) is 56.2 Å². The molecule has 2 aromatic rings. The molecule has 0 spiro atoms. The van der Waals surface area contributed by atoms with Crippen LogP contribution in [0.5, 0.6) is 5.75 Å². The van der Waals surface area contributed by atoms with Crippen LogP contribution in [0.3, 0.4) is 0 Å². The van der Waals surface area contributed by atoms with E-state index in [0.29, 0.717) is 11.9 Å². The van der Waals surface area contributed by atoms with Crippen LogP contribution in [-0.2, 0) is 10.2 Å². The molecular weight excluding hydrogens is 314 g/mol. The highest BCUT2D eigenvalue weighted by molar-refractivity contribution is 6.01. The molecule has 134 valence electrons. The van der Waals surface area contributed by atoms with E-state index >= 15 is 0 Å². The van der Waals surface area contributed by atoms with Crippen molar-refractivity contribution in [2.45, 2.75) is 58.4 Å². The number of benzene rings is 1. The van der Waals surface area contributed by atoms with Gasteiger partial charge in [0.05, 0.1) is 12.5 Å². The Morgan fingerprint density at radius 2 is 2.08 bits per heavy atom. The lowest BCUT2D eigenvalue weighted by Crippen LogP contribution is -2.28. The molecule has 1 aromatic heterocycles. The molecule has 1 N–H and O–H groups in total. The zero-order valence-electron chi connectivity index (χ0n) is 15.7. The fourth-order valence-electron chi connectivity index (χ4n) is 3.29. The van der Waals surface area contributed by atoms with Crippen LogP contribution in [0.25, 0.3) is 0 Å². The average Bonchev–Trinajstić information content (AvgIpc) is 3.33. The van der Waals surface area contributed by atoms with Crippen molar-refractivity contribution < 1.29 is 9.53 Å². The molecule has 5 heteroatoms. The van der Waals surface area contributed by atoms with Gasteiger partial charge >= 0.3 is 0 Å². The second-order valence-electron chi connectivity index (χ2n) is 7.09. The van der Waals surface area contributed by atoms with Crippen molar-refractivity contribution in [2.24, 2.45) is 0 Å². The summed E-state index contributed by atoms with van der Waals surface area (Å²) in [4.78, 5) is 12.9. The highest BCUT2D eigenvalue weighted by atomic mass is 16.5. The van der Waals surface area contributed by atoms with E-state index in [1.807, 2.05) is 42.8 Å². The van der Waals surface area contributed by atoms with E-state index in [4.69, 9.17) is 4.74 Å². The maximum Gasteiger partial charge on any atom is 0.236 e. The summed E-state index contributed by atoms with van der Waals surface area (Å²) in [5.41, 5.74) is 2.71. The molecule has 0 bridgehead atoms. The average molecular weight is 341 g/mol. The molecule has 25 heavy (non-hydrogen) atoms. The molecule has 0 aliphatic heterocycles. The lowest BCUT2D eigenvalue weighted by molar-refractivity contribution is -0.118. The van der Waals surface area contributed by atoms with E-state index in [0.717, 1.165) is 41.8 Å². The summed E-state index contributed by atoms with van der Waals surface area (Å²) >= 11 is 0. The number of nitrogens with zero attached hydrogens (tertiary/aromatic N) is 2. The molecule has 1 heterocycles. The van der Waals surface area contributed by atoms with E-state index in [-0.39, 0.29) is 5.91 Å². The van der Waals surface area contributed by atoms with Crippen LogP contribution in [0.1, 0.15) is 56.0 Å². The summed E-state index contributed by atoms with van der Waals surface area (Å²) in [6, 6.07) is 8.30. The molecule has 0 radical (unpaired) electrons. The Morgan fingerprint density at radius 1 is 1.36 bits per heavy atom. The molecule has 1 aliphatic rings. The van der Waals surface area contributed by atoms with Crippen LogP contribution in [0, 0.1) is 13.8 Å². The standard InChI is InChI=1S/C20H27N3O2/c1-6-14(3)23-15(4)11-18(22-23)21-19(24)20(9-10-20)16-8-7-13(2)17(12-16)25-5/h7-8,11-12,14H,6,9-10H2,1-5H3,(H,21,22,24)/t14-/m1/s1. The second-order valence-corrected chi connectivity index (χ2v) is 7.09. The summed E-state index contributed by atoms with van der Waals surface area (Å²) in [5, 5.41) is 7.59. The number of ether oxygens (including phenoxy) is 1. The SMILES string of the molecule is CC[C@@H](C)n1nc(NC(=O)C2(c3ccc(C)c(OC)c3)CC2)cc1C. The number of aryl methyl sites for hydroxylation is 2. The van der Waals surface area contributed by atoms with Gasteiger partial charge in [0.15, 0.2) is 5.82 Å². The molecule has 0 unspecified atom stereocenters. The minimum Gasteiger partial charge on any atom is -0.496 e. The van der Waals surface area contributed by atoms with Gasteiger partial charge in [-0.05, 0) is 57.2 Å². The van der Waals surface area contributed by atoms with E-state index in [1.165, 1.54) is 0 Å². The second kappa shape index (κ2) is 6.54. The first kappa shape index (κ1) is 17.5. The van der Waals surface area contributed by atoms with E-state index in [1.54, 1.807) is 7.11 Å². The van der Waals surface area contributed by atoms with Gasteiger partial charge < -0.3 is 10.1 Å².